The summed E-state index contributed by atoms with van der Waals surface area (Å²) in [7, 11) is 1.86. The van der Waals surface area contributed by atoms with Gasteiger partial charge >= 0.3 is 0 Å². The zero-order valence-electron chi connectivity index (χ0n) is 13.0. The predicted molar refractivity (Wildman–Crippen MR) is 87.0 cm³/mol. The minimum absolute atomic E-state index is 0. The largest absolute Gasteiger partial charge is 0.493 e. The SMILES string of the molecule is CN(CC(C)(C)CN)C(=O)C1CCOc2ccccc21.Cl. The maximum Gasteiger partial charge on any atom is 0.230 e. The fourth-order valence-electron chi connectivity index (χ4n) is 2.65. The number of hydrogen-bond donors (Lipinski definition) is 1. The first-order chi connectivity index (χ1) is 9.44. The second-order valence-corrected chi connectivity index (χ2v) is 6.29. The number of carbonyl (C=O) groups excluding carboxylic acids is 1. The summed E-state index contributed by atoms with van der Waals surface area (Å²) in [5.74, 6) is 0.893. The average molecular weight is 313 g/mol. The molecule has 1 atom stereocenters. The van der Waals surface area contributed by atoms with E-state index in [1.165, 1.54) is 0 Å². The second-order valence-electron chi connectivity index (χ2n) is 6.29. The van der Waals surface area contributed by atoms with E-state index in [1.807, 2.05) is 31.3 Å². The van der Waals surface area contributed by atoms with E-state index in [0.717, 1.165) is 17.7 Å². The molecule has 1 aromatic carbocycles. The van der Waals surface area contributed by atoms with Crippen LogP contribution in [0.1, 0.15) is 31.7 Å². The zero-order chi connectivity index (χ0) is 14.8. The molecule has 1 aliphatic rings. The Labute approximate surface area is 133 Å². The molecule has 0 fully saturated rings. The number of nitrogens with two attached hydrogens (primary N) is 1. The van der Waals surface area contributed by atoms with Gasteiger partial charge in [0.05, 0.1) is 12.5 Å². The van der Waals surface area contributed by atoms with Crippen LogP contribution in [0.3, 0.4) is 0 Å². The van der Waals surface area contributed by atoms with Crippen molar-refractivity contribution in [2.45, 2.75) is 26.2 Å². The summed E-state index contributed by atoms with van der Waals surface area (Å²) in [6.07, 6.45) is 0.739. The van der Waals surface area contributed by atoms with Crippen molar-refractivity contribution in [3.8, 4) is 5.75 Å². The van der Waals surface area contributed by atoms with Crippen LogP contribution >= 0.6 is 12.4 Å². The van der Waals surface area contributed by atoms with E-state index in [9.17, 15) is 4.79 Å². The summed E-state index contributed by atoms with van der Waals surface area (Å²) >= 11 is 0. The Kier molecular flexibility index (Phi) is 6.05. The molecule has 1 amide bonds. The smallest absolute Gasteiger partial charge is 0.230 e. The molecule has 21 heavy (non-hydrogen) atoms. The number of hydrogen-bond acceptors (Lipinski definition) is 3. The van der Waals surface area contributed by atoms with Gasteiger partial charge in [0.1, 0.15) is 5.75 Å². The molecule has 0 radical (unpaired) electrons. The number of amides is 1. The molecule has 0 aromatic heterocycles. The molecule has 2 rings (SSSR count). The third-order valence-corrected chi connectivity index (χ3v) is 3.85. The molecule has 0 aliphatic carbocycles. The summed E-state index contributed by atoms with van der Waals surface area (Å²) in [6.45, 7) is 5.99. The summed E-state index contributed by atoms with van der Waals surface area (Å²) in [5, 5.41) is 0. The van der Waals surface area contributed by atoms with Crippen LogP contribution in [0.5, 0.6) is 5.75 Å². The van der Waals surface area contributed by atoms with Crippen molar-refractivity contribution in [1.82, 2.24) is 4.90 Å². The van der Waals surface area contributed by atoms with Gasteiger partial charge in [-0.2, -0.15) is 0 Å². The zero-order valence-corrected chi connectivity index (χ0v) is 13.8. The highest BCUT2D eigenvalue weighted by atomic mass is 35.5. The van der Waals surface area contributed by atoms with Crippen LogP contribution in [-0.2, 0) is 4.79 Å². The van der Waals surface area contributed by atoms with Crippen molar-refractivity contribution in [1.29, 1.82) is 0 Å². The van der Waals surface area contributed by atoms with Gasteiger partial charge in [-0.1, -0.05) is 32.0 Å². The number of fused-ring (bicyclic) bond motifs is 1. The van der Waals surface area contributed by atoms with E-state index < -0.39 is 0 Å². The third kappa shape index (κ3) is 4.11. The van der Waals surface area contributed by atoms with Crippen LogP contribution in [0.4, 0.5) is 0 Å². The lowest BCUT2D eigenvalue weighted by atomic mass is 9.89. The van der Waals surface area contributed by atoms with Crippen LogP contribution in [0.25, 0.3) is 0 Å². The Balaban J connectivity index is 0.00000220. The summed E-state index contributed by atoms with van der Waals surface area (Å²) < 4.78 is 5.61. The summed E-state index contributed by atoms with van der Waals surface area (Å²) in [6, 6.07) is 7.81. The summed E-state index contributed by atoms with van der Waals surface area (Å²) in [4.78, 5) is 14.5. The molecule has 0 bridgehead atoms. The first kappa shape index (κ1) is 17.8. The molecule has 1 heterocycles. The van der Waals surface area contributed by atoms with E-state index in [4.69, 9.17) is 10.5 Å². The minimum Gasteiger partial charge on any atom is -0.493 e. The number of para-hydroxylation sites is 1. The lowest BCUT2D eigenvalue weighted by molar-refractivity contribution is -0.133. The third-order valence-electron chi connectivity index (χ3n) is 3.85. The predicted octanol–water partition coefficient (Wildman–Crippen LogP) is 2.42. The first-order valence-corrected chi connectivity index (χ1v) is 7.11. The second kappa shape index (κ2) is 7.14. The van der Waals surface area contributed by atoms with E-state index in [0.29, 0.717) is 19.7 Å². The minimum atomic E-state index is -0.0986. The van der Waals surface area contributed by atoms with E-state index in [1.54, 1.807) is 4.90 Å². The van der Waals surface area contributed by atoms with Crippen molar-refractivity contribution < 1.29 is 9.53 Å². The number of nitrogens with zero attached hydrogens (tertiary/aromatic N) is 1. The fraction of sp³-hybridized carbons (Fsp3) is 0.562. The molecule has 0 saturated carbocycles. The standard InChI is InChI=1S/C16H24N2O2.ClH/c1-16(2,10-17)11-18(3)15(19)13-8-9-20-14-7-5-4-6-12(13)14;/h4-7,13H,8-11,17H2,1-3H3;1H. The van der Waals surface area contributed by atoms with Crippen LogP contribution in [0, 0.1) is 5.41 Å². The van der Waals surface area contributed by atoms with Gasteiger partial charge in [0.15, 0.2) is 0 Å². The molecule has 0 spiro atoms. The Morgan fingerprint density at radius 2 is 2.10 bits per heavy atom. The monoisotopic (exact) mass is 312 g/mol. The highest BCUT2D eigenvalue weighted by molar-refractivity contribution is 5.85. The van der Waals surface area contributed by atoms with Crippen molar-refractivity contribution in [3.63, 3.8) is 0 Å². The highest BCUT2D eigenvalue weighted by Gasteiger charge is 2.31. The Bertz CT molecular complexity index is 491. The number of halogens is 1. The van der Waals surface area contributed by atoms with Crippen molar-refractivity contribution >= 4 is 18.3 Å². The van der Waals surface area contributed by atoms with Gasteiger partial charge in [0.25, 0.3) is 0 Å². The molecule has 1 aliphatic heterocycles. The van der Waals surface area contributed by atoms with Crippen LogP contribution < -0.4 is 10.5 Å². The molecule has 0 saturated heterocycles. The van der Waals surface area contributed by atoms with Crippen molar-refractivity contribution in [2.24, 2.45) is 11.1 Å². The van der Waals surface area contributed by atoms with Crippen LogP contribution in [0.15, 0.2) is 24.3 Å². The Morgan fingerprint density at radius 1 is 1.43 bits per heavy atom. The number of likely N-dealkylation sites (N-methyl/N-ethyl adjacent to an activating group) is 1. The van der Waals surface area contributed by atoms with Crippen LogP contribution in [0.2, 0.25) is 0 Å². The van der Waals surface area contributed by atoms with E-state index >= 15 is 0 Å². The molecule has 1 unspecified atom stereocenters. The molecule has 4 nitrogen and oxygen atoms in total. The van der Waals surface area contributed by atoms with Gasteiger partial charge in [-0.3, -0.25) is 4.79 Å². The normalized spacial score (nSPS) is 17.2. The van der Waals surface area contributed by atoms with Crippen molar-refractivity contribution in [3.05, 3.63) is 29.8 Å². The number of ether oxygens (including phenoxy) is 1. The average Bonchev–Trinajstić information content (AvgIpc) is 2.45. The lowest BCUT2D eigenvalue weighted by Gasteiger charge is -2.33. The van der Waals surface area contributed by atoms with Crippen molar-refractivity contribution in [2.75, 3.05) is 26.7 Å². The number of benzene rings is 1. The first-order valence-electron chi connectivity index (χ1n) is 7.11. The molecule has 5 heteroatoms. The maximum atomic E-state index is 12.7. The highest BCUT2D eigenvalue weighted by Crippen LogP contribution is 2.34. The molecule has 2 N–H and O–H groups in total. The van der Waals surface area contributed by atoms with E-state index in [-0.39, 0.29) is 29.6 Å². The summed E-state index contributed by atoms with van der Waals surface area (Å²) in [5.41, 5.74) is 6.69. The fourth-order valence-corrected chi connectivity index (χ4v) is 2.65. The number of carbonyl (C=O) groups is 1. The topological polar surface area (TPSA) is 55.6 Å². The van der Waals surface area contributed by atoms with Gasteiger partial charge < -0.3 is 15.4 Å². The van der Waals surface area contributed by atoms with E-state index in [2.05, 4.69) is 13.8 Å². The molecular weight excluding hydrogens is 288 g/mol. The van der Waals surface area contributed by atoms with Gasteiger partial charge in [-0.25, -0.2) is 0 Å². The Hall–Kier alpha value is -1.26. The molecular formula is C16H25ClN2O2. The van der Waals surface area contributed by atoms with Gasteiger partial charge in [-0.05, 0) is 24.4 Å². The van der Waals surface area contributed by atoms with Gasteiger partial charge in [-0.15, -0.1) is 12.4 Å². The van der Waals surface area contributed by atoms with Gasteiger partial charge in [0.2, 0.25) is 5.91 Å². The molecule has 118 valence electrons. The van der Waals surface area contributed by atoms with Crippen LogP contribution in [-0.4, -0.2) is 37.6 Å². The molecule has 1 aromatic rings. The van der Waals surface area contributed by atoms with Gasteiger partial charge in [0, 0.05) is 19.2 Å². The lowest BCUT2D eigenvalue weighted by Crippen LogP contribution is -2.42. The maximum absolute atomic E-state index is 12.7. The quantitative estimate of drug-likeness (QED) is 0.929. The number of rotatable bonds is 4. The Morgan fingerprint density at radius 3 is 2.76 bits per heavy atom.